The van der Waals surface area contributed by atoms with Gasteiger partial charge in [0.25, 0.3) is 0 Å². The molecular formula is C14H15N3O3S. The normalized spacial score (nSPS) is 18.0. The van der Waals surface area contributed by atoms with Gasteiger partial charge in [-0.25, -0.2) is 4.79 Å². The molecule has 1 aliphatic heterocycles. The lowest BCUT2D eigenvalue weighted by atomic mass is 10.1. The van der Waals surface area contributed by atoms with Crippen molar-refractivity contribution in [3.05, 3.63) is 46.0 Å². The minimum absolute atomic E-state index is 0.0411. The predicted octanol–water partition coefficient (Wildman–Crippen LogP) is 2.54. The second-order valence-electron chi connectivity index (χ2n) is 4.98. The molecule has 1 aromatic heterocycles. The Balaban J connectivity index is 1.91. The summed E-state index contributed by atoms with van der Waals surface area (Å²) in [4.78, 5) is 11.0. The second kappa shape index (κ2) is 5.79. The van der Waals surface area contributed by atoms with E-state index in [0.29, 0.717) is 11.3 Å². The number of hydrogen-bond acceptors (Lipinski definition) is 4. The van der Waals surface area contributed by atoms with Crippen LogP contribution in [0.3, 0.4) is 0 Å². The van der Waals surface area contributed by atoms with E-state index in [0.717, 1.165) is 30.8 Å². The molecule has 3 rings (SSSR count). The van der Waals surface area contributed by atoms with Gasteiger partial charge >= 0.3 is 5.97 Å². The zero-order chi connectivity index (χ0) is 14.8. The Morgan fingerprint density at radius 1 is 1.57 bits per heavy atom. The van der Waals surface area contributed by atoms with Crippen LogP contribution in [0.4, 0.5) is 0 Å². The van der Waals surface area contributed by atoms with Crippen LogP contribution in [0, 0.1) is 4.77 Å². The molecule has 21 heavy (non-hydrogen) atoms. The summed E-state index contributed by atoms with van der Waals surface area (Å²) in [5, 5.41) is 16.1. The Kier molecular flexibility index (Phi) is 3.85. The summed E-state index contributed by atoms with van der Waals surface area (Å²) < 4.78 is 8.03. The Labute approximate surface area is 126 Å². The summed E-state index contributed by atoms with van der Waals surface area (Å²) >= 11 is 5.26. The van der Waals surface area contributed by atoms with Crippen molar-refractivity contribution in [1.29, 1.82) is 0 Å². The summed E-state index contributed by atoms with van der Waals surface area (Å²) in [6.07, 6.45) is 1.90. The fourth-order valence-corrected chi connectivity index (χ4v) is 2.70. The van der Waals surface area contributed by atoms with E-state index in [1.807, 2.05) is 10.6 Å². The number of aromatic nitrogens is 3. The monoisotopic (exact) mass is 305 g/mol. The Hall–Kier alpha value is -1.99. The minimum Gasteiger partial charge on any atom is -0.478 e. The molecule has 2 aromatic rings. The van der Waals surface area contributed by atoms with E-state index in [1.54, 1.807) is 18.2 Å². The molecule has 0 bridgehead atoms. The molecule has 7 heteroatoms. The van der Waals surface area contributed by atoms with Crippen molar-refractivity contribution < 1.29 is 14.6 Å². The van der Waals surface area contributed by atoms with Crippen LogP contribution in [0.25, 0.3) is 0 Å². The zero-order valence-corrected chi connectivity index (χ0v) is 12.1. The molecule has 0 saturated carbocycles. The largest absolute Gasteiger partial charge is 0.478 e. The standard InChI is InChI=1S/C14H15N3O3S/c18-13(19)10-4-1-3-9(7-10)8-17-12(15-16-14(17)21)11-5-2-6-20-11/h1,3-4,7,11H,2,5-6,8H2,(H,16,21)(H,18,19)/t11-/m1/s1. The number of benzene rings is 1. The van der Waals surface area contributed by atoms with Crippen LogP contribution < -0.4 is 0 Å². The summed E-state index contributed by atoms with van der Waals surface area (Å²) in [5.74, 6) is -0.162. The number of carboxylic acid groups (broad SMARTS) is 1. The number of carbonyl (C=O) groups is 1. The first-order valence-corrected chi connectivity index (χ1v) is 7.15. The van der Waals surface area contributed by atoms with Crippen LogP contribution in [0.1, 0.15) is 40.7 Å². The maximum Gasteiger partial charge on any atom is 0.335 e. The van der Waals surface area contributed by atoms with Crippen molar-refractivity contribution in [3.8, 4) is 0 Å². The number of carboxylic acids is 1. The predicted molar refractivity (Wildman–Crippen MR) is 77.8 cm³/mol. The summed E-state index contributed by atoms with van der Waals surface area (Å²) in [7, 11) is 0. The molecule has 2 heterocycles. The second-order valence-corrected chi connectivity index (χ2v) is 5.37. The van der Waals surface area contributed by atoms with E-state index in [-0.39, 0.29) is 11.7 Å². The van der Waals surface area contributed by atoms with Crippen molar-refractivity contribution in [2.45, 2.75) is 25.5 Å². The highest BCUT2D eigenvalue weighted by molar-refractivity contribution is 7.71. The molecule has 1 atom stereocenters. The quantitative estimate of drug-likeness (QED) is 0.849. The Morgan fingerprint density at radius 3 is 3.14 bits per heavy atom. The average molecular weight is 305 g/mol. The van der Waals surface area contributed by atoms with Gasteiger partial charge in [0.05, 0.1) is 12.1 Å². The molecule has 1 saturated heterocycles. The summed E-state index contributed by atoms with van der Waals surface area (Å²) in [6, 6.07) is 6.83. The SMILES string of the molecule is O=C(O)c1cccc(Cn2c([C@H]3CCCO3)n[nH]c2=S)c1. The van der Waals surface area contributed by atoms with E-state index in [2.05, 4.69) is 10.2 Å². The van der Waals surface area contributed by atoms with Crippen molar-refractivity contribution >= 4 is 18.2 Å². The lowest BCUT2D eigenvalue weighted by Gasteiger charge is -2.12. The minimum atomic E-state index is -0.938. The van der Waals surface area contributed by atoms with Crippen molar-refractivity contribution in [2.24, 2.45) is 0 Å². The first-order chi connectivity index (χ1) is 10.1. The van der Waals surface area contributed by atoms with Gasteiger partial charge in [-0.05, 0) is 42.8 Å². The Morgan fingerprint density at radius 2 is 2.43 bits per heavy atom. The third-order valence-corrected chi connectivity index (χ3v) is 3.83. The lowest BCUT2D eigenvalue weighted by molar-refractivity contribution is 0.0696. The lowest BCUT2D eigenvalue weighted by Crippen LogP contribution is -2.10. The van der Waals surface area contributed by atoms with Crippen LogP contribution in [0.2, 0.25) is 0 Å². The van der Waals surface area contributed by atoms with Crippen LogP contribution in [-0.2, 0) is 11.3 Å². The number of nitrogens with one attached hydrogen (secondary N) is 1. The molecule has 2 N–H and O–H groups in total. The van der Waals surface area contributed by atoms with Crippen LogP contribution in [0.15, 0.2) is 24.3 Å². The molecule has 110 valence electrons. The highest BCUT2D eigenvalue weighted by atomic mass is 32.1. The molecule has 1 fully saturated rings. The number of aromatic carboxylic acids is 1. The maximum absolute atomic E-state index is 11.0. The molecule has 1 aromatic carbocycles. The smallest absolute Gasteiger partial charge is 0.335 e. The van der Waals surface area contributed by atoms with E-state index in [1.165, 1.54) is 0 Å². The van der Waals surface area contributed by atoms with Gasteiger partial charge in [0.15, 0.2) is 10.6 Å². The van der Waals surface area contributed by atoms with Crippen LogP contribution in [-0.4, -0.2) is 32.4 Å². The van der Waals surface area contributed by atoms with Crippen molar-refractivity contribution in [3.63, 3.8) is 0 Å². The molecule has 1 aliphatic rings. The average Bonchev–Trinajstić information content (AvgIpc) is 3.10. The maximum atomic E-state index is 11.0. The van der Waals surface area contributed by atoms with Crippen molar-refractivity contribution in [1.82, 2.24) is 14.8 Å². The van der Waals surface area contributed by atoms with Crippen molar-refractivity contribution in [2.75, 3.05) is 6.61 Å². The Bertz CT molecular complexity index is 716. The molecule has 6 nitrogen and oxygen atoms in total. The molecule has 0 radical (unpaired) electrons. The van der Waals surface area contributed by atoms with Gasteiger partial charge in [0.1, 0.15) is 6.10 Å². The number of aromatic amines is 1. The highest BCUT2D eigenvalue weighted by Crippen LogP contribution is 2.27. The molecular weight excluding hydrogens is 290 g/mol. The molecule has 0 amide bonds. The van der Waals surface area contributed by atoms with Crippen LogP contribution >= 0.6 is 12.2 Å². The number of nitrogens with zero attached hydrogens (tertiary/aromatic N) is 2. The first-order valence-electron chi connectivity index (χ1n) is 6.74. The topological polar surface area (TPSA) is 80.1 Å². The third-order valence-electron chi connectivity index (χ3n) is 3.52. The van der Waals surface area contributed by atoms with E-state index in [9.17, 15) is 4.79 Å². The number of hydrogen-bond donors (Lipinski definition) is 2. The molecule has 0 unspecified atom stereocenters. The van der Waals surface area contributed by atoms with E-state index < -0.39 is 5.97 Å². The van der Waals surface area contributed by atoms with Gasteiger partial charge in [-0.2, -0.15) is 5.10 Å². The van der Waals surface area contributed by atoms with Gasteiger partial charge in [0, 0.05) is 6.61 Å². The first kappa shape index (κ1) is 14.0. The number of H-pyrrole nitrogens is 1. The molecule has 0 spiro atoms. The fourth-order valence-electron chi connectivity index (χ4n) is 2.50. The van der Waals surface area contributed by atoms with Gasteiger partial charge in [-0.15, -0.1) is 0 Å². The van der Waals surface area contributed by atoms with E-state index in [4.69, 9.17) is 22.1 Å². The highest BCUT2D eigenvalue weighted by Gasteiger charge is 2.23. The number of rotatable bonds is 4. The van der Waals surface area contributed by atoms with Gasteiger partial charge in [0.2, 0.25) is 0 Å². The molecule has 0 aliphatic carbocycles. The fraction of sp³-hybridized carbons (Fsp3) is 0.357. The summed E-state index contributed by atoms with van der Waals surface area (Å²) in [5.41, 5.74) is 1.13. The zero-order valence-electron chi connectivity index (χ0n) is 11.3. The van der Waals surface area contributed by atoms with Gasteiger partial charge in [-0.1, -0.05) is 12.1 Å². The third kappa shape index (κ3) is 2.88. The van der Waals surface area contributed by atoms with Crippen LogP contribution in [0.5, 0.6) is 0 Å². The number of ether oxygens (including phenoxy) is 1. The summed E-state index contributed by atoms with van der Waals surface area (Å²) in [6.45, 7) is 1.21. The van der Waals surface area contributed by atoms with Gasteiger partial charge in [-0.3, -0.25) is 9.67 Å². The van der Waals surface area contributed by atoms with E-state index >= 15 is 0 Å². The van der Waals surface area contributed by atoms with Gasteiger partial charge < -0.3 is 9.84 Å².